The summed E-state index contributed by atoms with van der Waals surface area (Å²) < 4.78 is 7.33. The highest BCUT2D eigenvalue weighted by Gasteiger charge is 2.24. The summed E-state index contributed by atoms with van der Waals surface area (Å²) in [6.45, 7) is 0. The van der Waals surface area contributed by atoms with E-state index in [9.17, 15) is 0 Å². The zero-order valence-electron chi connectivity index (χ0n) is 24.1. The molecule has 0 atom stereocenters. The molecule has 210 valence electrons. The van der Waals surface area contributed by atoms with Crippen LogP contribution in [0.1, 0.15) is 0 Å². The molecule has 4 heterocycles. The molecule has 0 amide bonds. The molecule has 0 bridgehead atoms. The number of thiophene rings is 1. The van der Waals surface area contributed by atoms with Gasteiger partial charge in [0.05, 0.1) is 38.0 Å². The molecule has 5 heteroatoms. The fourth-order valence-electron chi connectivity index (χ4n) is 7.04. The fraction of sp³-hybridized carbons (Fsp3) is 0. The predicted molar refractivity (Wildman–Crippen MR) is 189 cm³/mol. The Kier molecular flexibility index (Phi) is 5.12. The summed E-state index contributed by atoms with van der Waals surface area (Å²) >= 11 is 1.87. The van der Waals surface area contributed by atoms with E-state index in [0.29, 0.717) is 5.95 Å². The van der Waals surface area contributed by atoms with E-state index in [2.05, 4.69) is 143 Å². The van der Waals surface area contributed by atoms with Crippen LogP contribution in [0.2, 0.25) is 0 Å². The third-order valence-corrected chi connectivity index (χ3v) is 10.1. The van der Waals surface area contributed by atoms with Gasteiger partial charge in [-0.15, -0.1) is 11.3 Å². The number of para-hydroxylation sites is 3. The molecule has 10 rings (SSSR count). The Morgan fingerprint density at radius 2 is 1.16 bits per heavy atom. The highest BCUT2D eigenvalue weighted by Crippen LogP contribution is 2.46. The van der Waals surface area contributed by atoms with Crippen molar-refractivity contribution in [3.63, 3.8) is 0 Å². The van der Waals surface area contributed by atoms with E-state index in [0.717, 1.165) is 38.9 Å². The first-order chi connectivity index (χ1) is 22.3. The first-order valence-corrected chi connectivity index (χ1v) is 15.9. The molecule has 0 aliphatic rings. The maximum atomic E-state index is 5.30. The third kappa shape index (κ3) is 3.47. The SMILES string of the molecule is c1ccc(-c2nc(-n3c4ccccc4c4c3ccc3c5sc6ccccc6c5n(-c5ccccc5)c34)nc3ccccc23)cc1. The van der Waals surface area contributed by atoms with Gasteiger partial charge in [0, 0.05) is 42.9 Å². The Hall–Kier alpha value is -5.78. The lowest BCUT2D eigenvalue weighted by molar-refractivity contribution is 1.01. The van der Waals surface area contributed by atoms with Gasteiger partial charge in [-0.2, -0.15) is 0 Å². The summed E-state index contributed by atoms with van der Waals surface area (Å²) in [5.41, 5.74) is 8.73. The van der Waals surface area contributed by atoms with Gasteiger partial charge in [-0.3, -0.25) is 4.57 Å². The number of hydrogen-bond acceptors (Lipinski definition) is 3. The predicted octanol–water partition coefficient (Wildman–Crippen LogP) is 10.7. The lowest BCUT2D eigenvalue weighted by atomic mass is 10.1. The lowest BCUT2D eigenvalue weighted by Crippen LogP contribution is -2.03. The molecule has 0 radical (unpaired) electrons. The van der Waals surface area contributed by atoms with Crippen molar-refractivity contribution in [1.82, 2.24) is 19.1 Å². The van der Waals surface area contributed by atoms with Crippen LogP contribution in [0.5, 0.6) is 0 Å². The molecule has 0 fully saturated rings. The van der Waals surface area contributed by atoms with E-state index in [1.165, 1.54) is 42.0 Å². The summed E-state index contributed by atoms with van der Waals surface area (Å²) in [5.74, 6) is 0.670. The Balaban J connectivity index is 1.39. The number of hydrogen-bond donors (Lipinski definition) is 0. The van der Waals surface area contributed by atoms with Crippen LogP contribution < -0.4 is 0 Å². The fourth-order valence-corrected chi connectivity index (χ4v) is 8.25. The van der Waals surface area contributed by atoms with Gasteiger partial charge >= 0.3 is 0 Å². The second-order valence-corrected chi connectivity index (χ2v) is 12.5. The Labute approximate surface area is 262 Å². The van der Waals surface area contributed by atoms with Crippen LogP contribution in [0.25, 0.3) is 86.8 Å². The molecule has 4 nitrogen and oxygen atoms in total. The van der Waals surface area contributed by atoms with Gasteiger partial charge in [0.25, 0.3) is 0 Å². The van der Waals surface area contributed by atoms with Crippen LogP contribution in [0, 0.1) is 0 Å². The van der Waals surface area contributed by atoms with Gasteiger partial charge in [-0.05, 0) is 42.5 Å². The minimum atomic E-state index is 0.670. The van der Waals surface area contributed by atoms with Crippen molar-refractivity contribution in [2.45, 2.75) is 0 Å². The quantitative estimate of drug-likeness (QED) is 0.205. The Morgan fingerprint density at radius 1 is 0.467 bits per heavy atom. The second kappa shape index (κ2) is 9.36. The summed E-state index contributed by atoms with van der Waals surface area (Å²) in [6.07, 6.45) is 0. The summed E-state index contributed by atoms with van der Waals surface area (Å²) in [4.78, 5) is 10.5. The van der Waals surface area contributed by atoms with Gasteiger partial charge in [0.2, 0.25) is 5.95 Å². The lowest BCUT2D eigenvalue weighted by Gasteiger charge is -2.12. The zero-order chi connectivity index (χ0) is 29.5. The van der Waals surface area contributed by atoms with E-state index in [4.69, 9.17) is 9.97 Å². The van der Waals surface area contributed by atoms with Crippen LogP contribution in [0.15, 0.2) is 146 Å². The topological polar surface area (TPSA) is 35.6 Å². The van der Waals surface area contributed by atoms with E-state index in [-0.39, 0.29) is 0 Å². The van der Waals surface area contributed by atoms with Crippen LogP contribution in [-0.4, -0.2) is 19.1 Å². The van der Waals surface area contributed by atoms with Crippen molar-refractivity contribution >= 4 is 75.3 Å². The van der Waals surface area contributed by atoms with E-state index in [1.54, 1.807) is 0 Å². The molecule has 0 saturated heterocycles. The normalized spacial score (nSPS) is 12.0. The standard InChI is InChI=1S/C40H24N4S/c1-3-13-25(14-4-1)36-27-17-7-10-20-31(27)41-40(42-36)44-32-21-11-8-18-28(32)35-33(44)24-23-30-37(35)43(26-15-5-2-6-16-26)38-29-19-9-12-22-34(29)45-39(30)38/h1-24H. The molecule has 0 aliphatic heterocycles. The van der Waals surface area contributed by atoms with Gasteiger partial charge in [-0.1, -0.05) is 103 Å². The highest BCUT2D eigenvalue weighted by molar-refractivity contribution is 7.26. The van der Waals surface area contributed by atoms with Crippen molar-refractivity contribution in [2.24, 2.45) is 0 Å². The first kappa shape index (κ1) is 24.6. The zero-order valence-corrected chi connectivity index (χ0v) is 24.9. The van der Waals surface area contributed by atoms with Crippen molar-refractivity contribution in [3.05, 3.63) is 146 Å². The van der Waals surface area contributed by atoms with Crippen molar-refractivity contribution in [1.29, 1.82) is 0 Å². The highest BCUT2D eigenvalue weighted by atomic mass is 32.1. The smallest absolute Gasteiger partial charge is 0.235 e. The molecular formula is C40H24N4S. The van der Waals surface area contributed by atoms with E-state index >= 15 is 0 Å². The largest absolute Gasteiger partial charge is 0.307 e. The molecule has 0 saturated carbocycles. The van der Waals surface area contributed by atoms with Crippen LogP contribution in [0.4, 0.5) is 0 Å². The molecule has 0 aliphatic carbocycles. The summed E-state index contributed by atoms with van der Waals surface area (Å²) in [5, 5.41) is 5.97. The van der Waals surface area contributed by atoms with Crippen molar-refractivity contribution in [2.75, 3.05) is 0 Å². The molecule has 6 aromatic carbocycles. The number of aromatic nitrogens is 4. The molecule has 0 unspecified atom stereocenters. The number of benzene rings is 6. The van der Waals surface area contributed by atoms with Crippen molar-refractivity contribution < 1.29 is 0 Å². The number of fused-ring (bicyclic) bond motifs is 10. The van der Waals surface area contributed by atoms with E-state index < -0.39 is 0 Å². The van der Waals surface area contributed by atoms with Crippen LogP contribution >= 0.6 is 11.3 Å². The van der Waals surface area contributed by atoms with Gasteiger partial charge in [0.15, 0.2) is 0 Å². The summed E-state index contributed by atoms with van der Waals surface area (Å²) in [7, 11) is 0. The maximum absolute atomic E-state index is 5.30. The van der Waals surface area contributed by atoms with Gasteiger partial charge in [0.1, 0.15) is 0 Å². The Bertz CT molecular complexity index is 2750. The third-order valence-electron chi connectivity index (χ3n) is 8.93. The molecule has 0 spiro atoms. The monoisotopic (exact) mass is 592 g/mol. The molecule has 45 heavy (non-hydrogen) atoms. The van der Waals surface area contributed by atoms with Gasteiger partial charge in [-0.25, -0.2) is 9.97 Å². The number of nitrogens with zero attached hydrogens (tertiary/aromatic N) is 4. The second-order valence-electron chi connectivity index (χ2n) is 11.4. The minimum Gasteiger partial charge on any atom is -0.307 e. The van der Waals surface area contributed by atoms with E-state index in [1.807, 2.05) is 23.5 Å². The maximum Gasteiger partial charge on any atom is 0.235 e. The molecule has 0 N–H and O–H groups in total. The molecular weight excluding hydrogens is 569 g/mol. The van der Waals surface area contributed by atoms with Crippen LogP contribution in [0.3, 0.4) is 0 Å². The average molecular weight is 593 g/mol. The summed E-state index contributed by atoms with van der Waals surface area (Å²) in [6, 6.07) is 51.5. The first-order valence-electron chi connectivity index (χ1n) is 15.1. The molecule has 10 aromatic rings. The van der Waals surface area contributed by atoms with Gasteiger partial charge < -0.3 is 4.57 Å². The number of rotatable bonds is 3. The van der Waals surface area contributed by atoms with Crippen LogP contribution in [-0.2, 0) is 0 Å². The van der Waals surface area contributed by atoms with Crippen molar-refractivity contribution in [3.8, 4) is 22.9 Å². The average Bonchev–Trinajstić information content (AvgIpc) is 3.75. The Morgan fingerprint density at radius 3 is 2.00 bits per heavy atom. The minimum absolute atomic E-state index is 0.670. The molecule has 4 aromatic heterocycles.